The number of likely N-dealkylation sites (tertiary alicyclic amines) is 1. The number of carbonyl (C=O) groups excluding carboxylic acids is 1. The standard InChI is InChI=1S/C16H29NO3/c1-3-5-16(19,6-4-2)11-14(18)17-9-7-15(12-17)8-10-20-13-15/h19H,3-13H2,1-2H3. The van der Waals surface area contributed by atoms with Crippen LogP contribution in [0.1, 0.15) is 58.8 Å². The third-order valence-electron chi connectivity index (χ3n) is 4.89. The maximum Gasteiger partial charge on any atom is 0.225 e. The fraction of sp³-hybridized carbons (Fsp3) is 0.938. The van der Waals surface area contributed by atoms with Gasteiger partial charge in [-0.15, -0.1) is 0 Å². The quantitative estimate of drug-likeness (QED) is 0.814. The monoisotopic (exact) mass is 283 g/mol. The minimum Gasteiger partial charge on any atom is -0.389 e. The van der Waals surface area contributed by atoms with Gasteiger partial charge in [-0.3, -0.25) is 4.79 Å². The van der Waals surface area contributed by atoms with Gasteiger partial charge in [0.1, 0.15) is 0 Å². The Morgan fingerprint density at radius 1 is 1.30 bits per heavy atom. The van der Waals surface area contributed by atoms with Gasteiger partial charge in [-0.05, 0) is 25.7 Å². The maximum atomic E-state index is 12.5. The van der Waals surface area contributed by atoms with E-state index in [0.29, 0.717) is 12.8 Å². The molecule has 116 valence electrons. The fourth-order valence-corrected chi connectivity index (χ4v) is 3.75. The van der Waals surface area contributed by atoms with Crippen LogP contribution >= 0.6 is 0 Å². The first kappa shape index (κ1) is 15.8. The van der Waals surface area contributed by atoms with Crippen molar-refractivity contribution in [2.45, 2.75) is 64.4 Å². The summed E-state index contributed by atoms with van der Waals surface area (Å²) in [6.07, 6.45) is 5.68. The molecule has 2 aliphatic heterocycles. The first-order valence-electron chi connectivity index (χ1n) is 8.10. The van der Waals surface area contributed by atoms with E-state index in [0.717, 1.165) is 52.0 Å². The van der Waals surface area contributed by atoms with Gasteiger partial charge in [0.15, 0.2) is 0 Å². The molecule has 0 aliphatic carbocycles. The number of rotatable bonds is 6. The highest BCUT2D eigenvalue weighted by molar-refractivity contribution is 5.77. The topological polar surface area (TPSA) is 49.8 Å². The summed E-state index contributed by atoms with van der Waals surface area (Å²) in [5.41, 5.74) is -0.591. The molecule has 2 saturated heterocycles. The Balaban J connectivity index is 1.91. The van der Waals surface area contributed by atoms with E-state index in [-0.39, 0.29) is 17.7 Å². The van der Waals surface area contributed by atoms with Crippen LogP contribution in [0.25, 0.3) is 0 Å². The molecule has 1 amide bonds. The summed E-state index contributed by atoms with van der Waals surface area (Å²) < 4.78 is 5.50. The van der Waals surface area contributed by atoms with Crippen LogP contribution in [-0.4, -0.2) is 47.8 Å². The van der Waals surface area contributed by atoms with Crippen LogP contribution in [-0.2, 0) is 9.53 Å². The molecule has 0 aromatic rings. The summed E-state index contributed by atoms with van der Waals surface area (Å²) in [4.78, 5) is 14.4. The summed E-state index contributed by atoms with van der Waals surface area (Å²) in [5, 5.41) is 10.6. The second-order valence-electron chi connectivity index (χ2n) is 6.77. The Morgan fingerprint density at radius 2 is 2.00 bits per heavy atom. The summed E-state index contributed by atoms with van der Waals surface area (Å²) >= 11 is 0. The molecule has 20 heavy (non-hydrogen) atoms. The van der Waals surface area contributed by atoms with Crippen LogP contribution in [0.2, 0.25) is 0 Å². The molecule has 1 spiro atoms. The van der Waals surface area contributed by atoms with E-state index in [1.807, 2.05) is 4.90 Å². The lowest BCUT2D eigenvalue weighted by Crippen LogP contribution is -2.39. The predicted octanol–water partition coefficient (Wildman–Crippen LogP) is 2.35. The Bertz CT molecular complexity index is 331. The maximum absolute atomic E-state index is 12.5. The lowest BCUT2D eigenvalue weighted by molar-refractivity contribution is -0.136. The predicted molar refractivity (Wildman–Crippen MR) is 78.4 cm³/mol. The minimum atomic E-state index is -0.803. The van der Waals surface area contributed by atoms with Crippen molar-refractivity contribution >= 4 is 5.91 Å². The van der Waals surface area contributed by atoms with Crippen molar-refractivity contribution < 1.29 is 14.6 Å². The van der Waals surface area contributed by atoms with E-state index >= 15 is 0 Å². The second kappa shape index (κ2) is 6.44. The lowest BCUT2D eigenvalue weighted by atomic mass is 9.86. The van der Waals surface area contributed by atoms with Gasteiger partial charge in [-0.2, -0.15) is 0 Å². The largest absolute Gasteiger partial charge is 0.389 e. The molecule has 4 heteroatoms. The van der Waals surface area contributed by atoms with Crippen LogP contribution in [0.5, 0.6) is 0 Å². The highest BCUT2D eigenvalue weighted by atomic mass is 16.5. The molecule has 4 nitrogen and oxygen atoms in total. The highest BCUT2D eigenvalue weighted by Crippen LogP contribution is 2.39. The number of aliphatic hydroxyl groups is 1. The molecule has 0 aromatic carbocycles. The summed E-state index contributed by atoms with van der Waals surface area (Å²) in [6.45, 7) is 7.40. The van der Waals surface area contributed by atoms with Gasteiger partial charge in [0.05, 0.1) is 18.6 Å². The average Bonchev–Trinajstić information content (AvgIpc) is 3.01. The number of hydrogen-bond donors (Lipinski definition) is 1. The van der Waals surface area contributed by atoms with Crippen molar-refractivity contribution in [3.63, 3.8) is 0 Å². The number of ether oxygens (including phenoxy) is 1. The fourth-order valence-electron chi connectivity index (χ4n) is 3.75. The van der Waals surface area contributed by atoms with Crippen molar-refractivity contribution in [2.24, 2.45) is 5.41 Å². The van der Waals surface area contributed by atoms with E-state index in [1.54, 1.807) is 0 Å². The summed E-state index contributed by atoms with van der Waals surface area (Å²) in [5.74, 6) is 0.123. The number of hydrogen-bond acceptors (Lipinski definition) is 3. The molecular weight excluding hydrogens is 254 g/mol. The third-order valence-corrected chi connectivity index (χ3v) is 4.89. The van der Waals surface area contributed by atoms with Gasteiger partial charge < -0.3 is 14.7 Å². The highest BCUT2D eigenvalue weighted by Gasteiger charge is 2.43. The van der Waals surface area contributed by atoms with Crippen molar-refractivity contribution in [3.05, 3.63) is 0 Å². The van der Waals surface area contributed by atoms with Crippen LogP contribution < -0.4 is 0 Å². The zero-order valence-electron chi connectivity index (χ0n) is 13.0. The lowest BCUT2D eigenvalue weighted by Gasteiger charge is -2.30. The smallest absolute Gasteiger partial charge is 0.225 e. The average molecular weight is 283 g/mol. The molecule has 1 atom stereocenters. The first-order valence-corrected chi connectivity index (χ1v) is 8.10. The minimum absolute atomic E-state index is 0.123. The van der Waals surface area contributed by atoms with E-state index < -0.39 is 5.60 Å². The molecule has 0 aromatic heterocycles. The SMILES string of the molecule is CCCC(O)(CCC)CC(=O)N1CCC2(CCOC2)C1. The molecular formula is C16H29NO3. The molecule has 0 saturated carbocycles. The van der Waals surface area contributed by atoms with Gasteiger partial charge >= 0.3 is 0 Å². The normalized spacial score (nSPS) is 26.6. The van der Waals surface area contributed by atoms with Gasteiger partial charge in [-0.25, -0.2) is 0 Å². The van der Waals surface area contributed by atoms with E-state index in [4.69, 9.17) is 4.74 Å². The zero-order chi connectivity index (χ0) is 14.6. The Morgan fingerprint density at radius 3 is 2.55 bits per heavy atom. The third kappa shape index (κ3) is 3.53. The van der Waals surface area contributed by atoms with Gasteiger partial charge in [-0.1, -0.05) is 26.7 Å². The van der Waals surface area contributed by atoms with Crippen molar-refractivity contribution in [2.75, 3.05) is 26.3 Å². The molecule has 2 fully saturated rings. The molecule has 2 aliphatic rings. The first-order chi connectivity index (χ1) is 9.52. The summed E-state index contributed by atoms with van der Waals surface area (Å²) in [7, 11) is 0. The van der Waals surface area contributed by atoms with E-state index in [1.165, 1.54) is 0 Å². The Kier molecular flexibility index (Phi) is 5.08. The van der Waals surface area contributed by atoms with E-state index in [9.17, 15) is 9.90 Å². The van der Waals surface area contributed by atoms with Gasteiger partial charge in [0, 0.05) is 25.1 Å². The van der Waals surface area contributed by atoms with Crippen molar-refractivity contribution in [1.82, 2.24) is 4.90 Å². The molecule has 2 heterocycles. The second-order valence-corrected chi connectivity index (χ2v) is 6.77. The number of carbonyl (C=O) groups is 1. The van der Waals surface area contributed by atoms with Crippen LogP contribution in [0.4, 0.5) is 0 Å². The van der Waals surface area contributed by atoms with Gasteiger partial charge in [0.2, 0.25) is 5.91 Å². The van der Waals surface area contributed by atoms with Crippen LogP contribution in [0.15, 0.2) is 0 Å². The number of nitrogens with zero attached hydrogens (tertiary/aromatic N) is 1. The molecule has 2 rings (SSSR count). The zero-order valence-corrected chi connectivity index (χ0v) is 13.0. The Labute approximate surface area is 122 Å². The van der Waals surface area contributed by atoms with Crippen LogP contribution in [0.3, 0.4) is 0 Å². The van der Waals surface area contributed by atoms with E-state index in [2.05, 4.69) is 13.8 Å². The molecule has 0 bridgehead atoms. The Hall–Kier alpha value is -0.610. The van der Waals surface area contributed by atoms with Gasteiger partial charge in [0.25, 0.3) is 0 Å². The molecule has 1 N–H and O–H groups in total. The summed E-state index contributed by atoms with van der Waals surface area (Å²) in [6, 6.07) is 0. The number of amides is 1. The van der Waals surface area contributed by atoms with Crippen molar-refractivity contribution in [1.29, 1.82) is 0 Å². The van der Waals surface area contributed by atoms with Crippen LogP contribution in [0, 0.1) is 5.41 Å². The molecule has 0 radical (unpaired) electrons. The van der Waals surface area contributed by atoms with Crippen molar-refractivity contribution in [3.8, 4) is 0 Å². The molecule has 1 unspecified atom stereocenters.